The number of halogens is 1. The Labute approximate surface area is 185 Å². The largest absolute Gasteiger partial charge is 0.349 e. The number of carbonyl (C=O) groups is 2. The molecule has 30 heavy (non-hydrogen) atoms. The molecule has 2 N–H and O–H groups in total. The van der Waals surface area contributed by atoms with Gasteiger partial charge in [-0.1, -0.05) is 88.7 Å². The molecule has 0 aromatic heterocycles. The van der Waals surface area contributed by atoms with Crippen LogP contribution in [0.2, 0.25) is 0 Å². The van der Waals surface area contributed by atoms with Gasteiger partial charge in [-0.3, -0.25) is 9.59 Å². The molecule has 3 rings (SSSR count). The zero-order chi connectivity index (χ0) is 21.3. The van der Waals surface area contributed by atoms with Crippen LogP contribution in [0.25, 0.3) is 0 Å². The number of hydrogen-bond acceptors (Lipinski definition) is 2. The second-order valence-electron chi connectivity index (χ2n) is 7.23. The minimum absolute atomic E-state index is 0.110. The quantitative estimate of drug-likeness (QED) is 0.486. The first-order valence-electron chi connectivity index (χ1n) is 9.92. The Morgan fingerprint density at radius 3 is 1.93 bits per heavy atom. The lowest BCUT2D eigenvalue weighted by Crippen LogP contribution is -2.35. The SMILES string of the molecule is CC(=O)NC(CC(=O)NC(Cc1ccccc1)c1ccccc1)c1ccc(Br)cc1. The maximum atomic E-state index is 13.0. The summed E-state index contributed by atoms with van der Waals surface area (Å²) in [5, 5.41) is 6.06. The van der Waals surface area contributed by atoms with Crippen molar-refractivity contribution in [2.75, 3.05) is 0 Å². The van der Waals surface area contributed by atoms with Crippen LogP contribution in [0, 0.1) is 0 Å². The van der Waals surface area contributed by atoms with Crippen molar-refractivity contribution in [3.8, 4) is 0 Å². The third-order valence-electron chi connectivity index (χ3n) is 4.86. The Morgan fingerprint density at radius 1 is 0.767 bits per heavy atom. The molecule has 0 spiro atoms. The lowest BCUT2D eigenvalue weighted by molar-refractivity contribution is -0.123. The van der Waals surface area contributed by atoms with E-state index < -0.39 is 0 Å². The van der Waals surface area contributed by atoms with Crippen LogP contribution in [0.5, 0.6) is 0 Å². The summed E-state index contributed by atoms with van der Waals surface area (Å²) in [6, 6.07) is 27.2. The first kappa shape index (κ1) is 21.8. The van der Waals surface area contributed by atoms with Gasteiger partial charge in [0.25, 0.3) is 0 Å². The molecule has 2 unspecified atom stereocenters. The van der Waals surface area contributed by atoms with Gasteiger partial charge in [0.2, 0.25) is 11.8 Å². The molecule has 0 saturated heterocycles. The van der Waals surface area contributed by atoms with Crippen LogP contribution in [-0.4, -0.2) is 11.8 Å². The van der Waals surface area contributed by atoms with Crippen LogP contribution < -0.4 is 10.6 Å². The Hall–Kier alpha value is -2.92. The predicted octanol–water partition coefficient (Wildman–Crippen LogP) is 5.12. The van der Waals surface area contributed by atoms with Crippen molar-refractivity contribution in [2.24, 2.45) is 0 Å². The average molecular weight is 465 g/mol. The summed E-state index contributed by atoms with van der Waals surface area (Å²) in [6.07, 6.45) is 0.860. The minimum atomic E-state index is -0.385. The van der Waals surface area contributed by atoms with Crippen molar-refractivity contribution in [1.82, 2.24) is 10.6 Å². The van der Waals surface area contributed by atoms with Crippen molar-refractivity contribution in [2.45, 2.75) is 31.8 Å². The molecule has 0 aliphatic heterocycles. The van der Waals surface area contributed by atoms with E-state index in [9.17, 15) is 9.59 Å². The fourth-order valence-electron chi connectivity index (χ4n) is 3.42. The van der Waals surface area contributed by atoms with E-state index in [-0.39, 0.29) is 30.3 Å². The summed E-state index contributed by atoms with van der Waals surface area (Å²) in [5.41, 5.74) is 3.09. The van der Waals surface area contributed by atoms with Gasteiger partial charge in [0.1, 0.15) is 0 Å². The normalized spacial score (nSPS) is 12.6. The number of hydrogen-bond donors (Lipinski definition) is 2. The summed E-state index contributed by atoms with van der Waals surface area (Å²) in [7, 11) is 0. The maximum Gasteiger partial charge on any atom is 0.222 e. The molecule has 2 amide bonds. The molecule has 5 heteroatoms. The molecule has 0 saturated carbocycles. The van der Waals surface area contributed by atoms with Gasteiger partial charge >= 0.3 is 0 Å². The highest BCUT2D eigenvalue weighted by molar-refractivity contribution is 9.10. The summed E-state index contributed by atoms with van der Waals surface area (Å²) >= 11 is 3.42. The predicted molar refractivity (Wildman–Crippen MR) is 123 cm³/mol. The molecular formula is C25H25BrN2O2. The molecular weight excluding hydrogens is 440 g/mol. The maximum absolute atomic E-state index is 13.0. The Morgan fingerprint density at radius 2 is 1.33 bits per heavy atom. The Kier molecular flexibility index (Phi) is 7.80. The van der Waals surface area contributed by atoms with Crippen LogP contribution in [0.1, 0.15) is 42.1 Å². The van der Waals surface area contributed by atoms with Crippen LogP contribution in [0.15, 0.2) is 89.4 Å². The van der Waals surface area contributed by atoms with Gasteiger partial charge in [-0.05, 0) is 35.2 Å². The van der Waals surface area contributed by atoms with Gasteiger partial charge in [0.15, 0.2) is 0 Å². The molecule has 0 aliphatic carbocycles. The van der Waals surface area contributed by atoms with Gasteiger partial charge in [-0.15, -0.1) is 0 Å². The fraction of sp³-hybridized carbons (Fsp3) is 0.200. The fourth-order valence-corrected chi connectivity index (χ4v) is 3.68. The van der Waals surface area contributed by atoms with E-state index in [1.165, 1.54) is 6.92 Å². The summed E-state index contributed by atoms with van der Waals surface area (Å²) in [6.45, 7) is 1.46. The summed E-state index contributed by atoms with van der Waals surface area (Å²) < 4.78 is 0.948. The van der Waals surface area contributed by atoms with Crippen LogP contribution in [-0.2, 0) is 16.0 Å². The molecule has 4 nitrogen and oxygen atoms in total. The number of amides is 2. The molecule has 0 radical (unpaired) electrons. The second-order valence-corrected chi connectivity index (χ2v) is 8.14. The smallest absolute Gasteiger partial charge is 0.222 e. The minimum Gasteiger partial charge on any atom is -0.349 e. The van der Waals surface area contributed by atoms with Crippen molar-refractivity contribution >= 4 is 27.7 Å². The van der Waals surface area contributed by atoms with Gasteiger partial charge < -0.3 is 10.6 Å². The van der Waals surface area contributed by atoms with E-state index in [1.807, 2.05) is 72.8 Å². The number of nitrogens with one attached hydrogen (secondary N) is 2. The summed E-state index contributed by atoms with van der Waals surface area (Å²) in [5.74, 6) is -0.277. The van der Waals surface area contributed by atoms with Crippen molar-refractivity contribution in [1.29, 1.82) is 0 Å². The van der Waals surface area contributed by atoms with Gasteiger partial charge in [-0.2, -0.15) is 0 Å². The third kappa shape index (κ3) is 6.56. The molecule has 2 atom stereocenters. The van der Waals surface area contributed by atoms with Gasteiger partial charge in [-0.25, -0.2) is 0 Å². The molecule has 3 aromatic rings. The average Bonchev–Trinajstić information content (AvgIpc) is 2.74. The van der Waals surface area contributed by atoms with Crippen molar-refractivity contribution < 1.29 is 9.59 Å². The van der Waals surface area contributed by atoms with Crippen molar-refractivity contribution in [3.63, 3.8) is 0 Å². The Balaban J connectivity index is 1.76. The van der Waals surface area contributed by atoms with E-state index in [4.69, 9.17) is 0 Å². The third-order valence-corrected chi connectivity index (χ3v) is 5.39. The van der Waals surface area contributed by atoms with Crippen LogP contribution in [0.3, 0.4) is 0 Å². The zero-order valence-electron chi connectivity index (χ0n) is 16.8. The van der Waals surface area contributed by atoms with E-state index in [1.54, 1.807) is 0 Å². The highest BCUT2D eigenvalue weighted by Gasteiger charge is 2.20. The van der Waals surface area contributed by atoms with Crippen molar-refractivity contribution in [3.05, 3.63) is 106 Å². The summed E-state index contributed by atoms with van der Waals surface area (Å²) in [4.78, 5) is 24.7. The molecule has 0 fully saturated rings. The van der Waals surface area contributed by atoms with Gasteiger partial charge in [0, 0.05) is 11.4 Å². The van der Waals surface area contributed by atoms with Gasteiger partial charge in [0.05, 0.1) is 18.5 Å². The van der Waals surface area contributed by atoms with Crippen LogP contribution >= 0.6 is 15.9 Å². The molecule has 0 heterocycles. The number of benzene rings is 3. The van der Waals surface area contributed by atoms with E-state index in [0.29, 0.717) is 6.42 Å². The molecule has 0 aliphatic rings. The lowest BCUT2D eigenvalue weighted by Gasteiger charge is -2.23. The van der Waals surface area contributed by atoms with Crippen LogP contribution in [0.4, 0.5) is 0 Å². The first-order valence-corrected chi connectivity index (χ1v) is 10.7. The molecule has 3 aromatic carbocycles. The van der Waals surface area contributed by atoms with E-state index in [2.05, 4.69) is 38.7 Å². The topological polar surface area (TPSA) is 58.2 Å². The molecule has 0 bridgehead atoms. The number of rotatable bonds is 8. The first-order chi connectivity index (χ1) is 14.5. The Bertz CT molecular complexity index is 959. The highest BCUT2D eigenvalue weighted by atomic mass is 79.9. The standard InChI is InChI=1S/C25H25BrN2O2/c1-18(29)27-24(21-12-14-22(26)15-13-21)17-25(30)28-23(20-10-6-3-7-11-20)16-19-8-4-2-5-9-19/h2-15,23-24H,16-17H2,1H3,(H,27,29)(H,28,30). The van der Waals surface area contributed by atoms with E-state index in [0.717, 1.165) is 21.2 Å². The lowest BCUT2D eigenvalue weighted by atomic mass is 9.98. The highest BCUT2D eigenvalue weighted by Crippen LogP contribution is 2.22. The number of carbonyl (C=O) groups excluding carboxylic acids is 2. The molecule has 154 valence electrons. The van der Waals surface area contributed by atoms with E-state index >= 15 is 0 Å². The second kappa shape index (κ2) is 10.7. The zero-order valence-corrected chi connectivity index (χ0v) is 18.4. The monoisotopic (exact) mass is 464 g/mol.